The van der Waals surface area contributed by atoms with E-state index in [0.717, 1.165) is 17.8 Å². The summed E-state index contributed by atoms with van der Waals surface area (Å²) in [4.78, 5) is 0. The van der Waals surface area contributed by atoms with Crippen LogP contribution in [0.2, 0.25) is 0 Å². The first-order valence-electron chi connectivity index (χ1n) is 10.3. The first kappa shape index (κ1) is 15.7. The highest BCUT2D eigenvalue weighted by atomic mass is 14.6. The molecule has 6 rings (SSSR count). The fraction of sp³-hybridized carbons (Fsp3) is 0.520. The van der Waals surface area contributed by atoms with Crippen molar-refractivity contribution in [1.82, 2.24) is 0 Å². The van der Waals surface area contributed by atoms with Crippen molar-refractivity contribution in [1.29, 1.82) is 0 Å². The van der Waals surface area contributed by atoms with E-state index in [4.69, 9.17) is 0 Å². The maximum Gasteiger partial charge on any atom is -0.00391 e. The highest BCUT2D eigenvalue weighted by Gasteiger charge is 2.51. The minimum atomic E-state index is 0.523. The minimum absolute atomic E-state index is 0.523. The summed E-state index contributed by atoms with van der Waals surface area (Å²) in [6.07, 6.45) is 8.96. The second-order valence-electron chi connectivity index (χ2n) is 9.55. The topological polar surface area (TPSA) is 0 Å². The molecular weight excluding hydrogens is 300 g/mol. The molecule has 0 aliphatic heterocycles. The summed E-state index contributed by atoms with van der Waals surface area (Å²) in [5.74, 6) is 3.67. The van der Waals surface area contributed by atoms with Crippen molar-refractivity contribution in [3.05, 3.63) is 59.7 Å². The molecule has 4 aliphatic carbocycles. The summed E-state index contributed by atoms with van der Waals surface area (Å²) >= 11 is 0. The van der Waals surface area contributed by atoms with Crippen molar-refractivity contribution in [3.63, 3.8) is 0 Å². The Labute approximate surface area is 152 Å². The van der Waals surface area contributed by atoms with Crippen LogP contribution in [0.4, 0.5) is 0 Å². The highest BCUT2D eigenvalue weighted by molar-refractivity contribution is 5.64. The van der Waals surface area contributed by atoms with Gasteiger partial charge in [0.05, 0.1) is 0 Å². The molecule has 25 heavy (non-hydrogen) atoms. The quantitative estimate of drug-likeness (QED) is 0.571. The summed E-state index contributed by atoms with van der Waals surface area (Å²) in [6.45, 7) is 4.52. The third-order valence-electron chi connectivity index (χ3n) is 7.45. The van der Waals surface area contributed by atoms with Crippen LogP contribution in [-0.2, 0) is 5.41 Å². The molecule has 0 heterocycles. The van der Waals surface area contributed by atoms with Gasteiger partial charge in [0.25, 0.3) is 0 Å². The molecule has 0 nitrogen and oxygen atoms in total. The second kappa shape index (κ2) is 5.73. The molecule has 2 aromatic rings. The van der Waals surface area contributed by atoms with Crippen LogP contribution in [-0.4, -0.2) is 0 Å². The Kier molecular flexibility index (Phi) is 3.59. The van der Waals surface area contributed by atoms with Gasteiger partial charge in [-0.25, -0.2) is 0 Å². The second-order valence-corrected chi connectivity index (χ2v) is 9.55. The van der Waals surface area contributed by atoms with Crippen molar-refractivity contribution in [2.75, 3.05) is 0 Å². The lowest BCUT2D eigenvalue weighted by Gasteiger charge is -2.57. The van der Waals surface area contributed by atoms with Crippen molar-refractivity contribution in [2.45, 2.75) is 63.7 Å². The van der Waals surface area contributed by atoms with Crippen LogP contribution in [0.25, 0.3) is 11.1 Å². The van der Waals surface area contributed by atoms with Crippen LogP contribution in [0.15, 0.2) is 48.5 Å². The predicted octanol–water partition coefficient (Wildman–Crippen LogP) is 6.94. The van der Waals surface area contributed by atoms with Crippen molar-refractivity contribution >= 4 is 0 Å². The number of hydrogen-bond donors (Lipinski definition) is 0. The molecule has 0 amide bonds. The van der Waals surface area contributed by atoms with Crippen LogP contribution in [0.5, 0.6) is 0 Å². The van der Waals surface area contributed by atoms with Gasteiger partial charge in [-0.1, -0.05) is 62.4 Å². The molecule has 4 bridgehead atoms. The fourth-order valence-corrected chi connectivity index (χ4v) is 6.54. The SMILES string of the molecule is CC(C)c1ccc(-c2ccc(C34CC5CC(CC(C5)C3)C4)cc2)cc1. The van der Waals surface area contributed by atoms with Crippen molar-refractivity contribution in [3.8, 4) is 11.1 Å². The van der Waals surface area contributed by atoms with E-state index < -0.39 is 0 Å². The van der Waals surface area contributed by atoms with Gasteiger partial charge in [-0.15, -0.1) is 0 Å². The van der Waals surface area contributed by atoms with Gasteiger partial charge in [-0.3, -0.25) is 0 Å². The average Bonchev–Trinajstić information content (AvgIpc) is 2.61. The van der Waals surface area contributed by atoms with Crippen LogP contribution >= 0.6 is 0 Å². The zero-order chi connectivity index (χ0) is 17.0. The van der Waals surface area contributed by atoms with Gasteiger partial charge >= 0.3 is 0 Å². The normalized spacial score (nSPS) is 33.2. The van der Waals surface area contributed by atoms with Gasteiger partial charge in [-0.2, -0.15) is 0 Å². The summed E-state index contributed by atoms with van der Waals surface area (Å²) in [7, 11) is 0. The Morgan fingerprint density at radius 1 is 0.680 bits per heavy atom. The highest BCUT2D eigenvalue weighted by Crippen LogP contribution is 2.60. The van der Waals surface area contributed by atoms with E-state index in [2.05, 4.69) is 62.4 Å². The molecule has 0 heteroatoms. The lowest BCUT2D eigenvalue weighted by atomic mass is 9.48. The predicted molar refractivity (Wildman–Crippen MR) is 106 cm³/mol. The Morgan fingerprint density at radius 3 is 1.56 bits per heavy atom. The molecule has 0 saturated heterocycles. The maximum atomic E-state index is 2.46. The van der Waals surface area contributed by atoms with E-state index in [-0.39, 0.29) is 0 Å². The molecule has 0 unspecified atom stereocenters. The molecule has 4 saturated carbocycles. The van der Waals surface area contributed by atoms with Crippen LogP contribution in [0.1, 0.15) is 69.4 Å². The number of rotatable bonds is 3. The molecule has 4 aliphatic rings. The monoisotopic (exact) mass is 330 g/mol. The molecule has 0 aromatic heterocycles. The molecule has 0 radical (unpaired) electrons. The summed E-state index contributed by atoms with van der Waals surface area (Å²) in [5.41, 5.74) is 6.29. The van der Waals surface area contributed by atoms with Gasteiger partial charge in [0.2, 0.25) is 0 Å². The van der Waals surface area contributed by atoms with Gasteiger partial charge in [-0.05, 0) is 89.9 Å². The summed E-state index contributed by atoms with van der Waals surface area (Å²) in [6, 6.07) is 18.8. The molecule has 130 valence electrons. The Balaban J connectivity index is 1.42. The van der Waals surface area contributed by atoms with Gasteiger partial charge in [0.1, 0.15) is 0 Å². The first-order chi connectivity index (χ1) is 12.1. The molecule has 4 fully saturated rings. The standard InChI is InChI=1S/C25H30/c1-17(2)21-3-5-22(6-4-21)23-7-9-24(10-8-23)25-14-18-11-19(15-25)13-20(12-18)16-25/h3-10,17-20H,11-16H2,1-2H3. The van der Waals surface area contributed by atoms with E-state index in [9.17, 15) is 0 Å². The average molecular weight is 331 g/mol. The van der Waals surface area contributed by atoms with E-state index in [0.29, 0.717) is 11.3 Å². The van der Waals surface area contributed by atoms with E-state index in [1.807, 2.05) is 0 Å². The molecule has 2 aromatic carbocycles. The largest absolute Gasteiger partial charge is 0.0587 e. The van der Waals surface area contributed by atoms with Crippen LogP contribution in [0.3, 0.4) is 0 Å². The molecule has 0 N–H and O–H groups in total. The Bertz CT molecular complexity index is 712. The Hall–Kier alpha value is -1.56. The van der Waals surface area contributed by atoms with Crippen LogP contribution in [0, 0.1) is 17.8 Å². The summed E-state index contributed by atoms with van der Waals surface area (Å²) in [5, 5.41) is 0. The molecular formula is C25H30. The van der Waals surface area contributed by atoms with Crippen LogP contribution < -0.4 is 0 Å². The summed E-state index contributed by atoms with van der Waals surface area (Å²) < 4.78 is 0. The van der Waals surface area contributed by atoms with Crippen molar-refractivity contribution in [2.24, 2.45) is 17.8 Å². The lowest BCUT2D eigenvalue weighted by molar-refractivity contribution is -0.00518. The zero-order valence-corrected chi connectivity index (χ0v) is 15.7. The smallest absolute Gasteiger partial charge is 0.00391 e. The maximum absolute atomic E-state index is 2.46. The number of benzene rings is 2. The molecule has 0 spiro atoms. The molecule has 0 atom stereocenters. The first-order valence-corrected chi connectivity index (χ1v) is 10.3. The minimum Gasteiger partial charge on any atom is -0.0587 e. The zero-order valence-electron chi connectivity index (χ0n) is 15.7. The van der Waals surface area contributed by atoms with E-state index in [1.165, 1.54) is 55.2 Å². The third-order valence-corrected chi connectivity index (χ3v) is 7.45. The fourth-order valence-electron chi connectivity index (χ4n) is 6.54. The lowest BCUT2D eigenvalue weighted by Crippen LogP contribution is -2.48. The Morgan fingerprint density at radius 2 is 1.12 bits per heavy atom. The van der Waals surface area contributed by atoms with E-state index >= 15 is 0 Å². The third kappa shape index (κ3) is 2.65. The number of hydrogen-bond acceptors (Lipinski definition) is 0. The van der Waals surface area contributed by atoms with Gasteiger partial charge in [0.15, 0.2) is 0 Å². The van der Waals surface area contributed by atoms with Gasteiger partial charge < -0.3 is 0 Å². The van der Waals surface area contributed by atoms with Crippen molar-refractivity contribution < 1.29 is 0 Å². The van der Waals surface area contributed by atoms with E-state index in [1.54, 1.807) is 5.56 Å². The van der Waals surface area contributed by atoms with Gasteiger partial charge in [0, 0.05) is 0 Å².